The van der Waals surface area contributed by atoms with Crippen LogP contribution in [-0.2, 0) is 19.1 Å². The van der Waals surface area contributed by atoms with Gasteiger partial charge >= 0.3 is 5.97 Å². The van der Waals surface area contributed by atoms with Gasteiger partial charge in [-0.3, -0.25) is 4.79 Å². The number of carbonyl (C=O) groups excluding carboxylic acids is 2. The van der Waals surface area contributed by atoms with Crippen LogP contribution in [0.25, 0.3) is 17.1 Å². The molecule has 2 aliphatic rings. The number of H-pyrrole nitrogens is 1. The molecule has 0 unspecified atom stereocenters. The number of nitrogens with zero attached hydrogens (tertiary/aromatic N) is 2. The normalized spacial score (nSPS) is 19.1. The van der Waals surface area contributed by atoms with E-state index < -0.39 is 11.8 Å². The van der Waals surface area contributed by atoms with Crippen molar-refractivity contribution in [2.75, 3.05) is 13.7 Å². The van der Waals surface area contributed by atoms with E-state index in [0.717, 1.165) is 42.3 Å². The highest BCUT2D eigenvalue weighted by Gasteiger charge is 2.40. The number of aromatic amines is 1. The second-order valence-electron chi connectivity index (χ2n) is 7.39. The van der Waals surface area contributed by atoms with Crippen molar-refractivity contribution in [3.8, 4) is 0 Å². The van der Waals surface area contributed by atoms with Crippen molar-refractivity contribution >= 4 is 28.9 Å². The summed E-state index contributed by atoms with van der Waals surface area (Å²) < 4.78 is 11.1. The average Bonchev–Trinajstić information content (AvgIpc) is 3.30. The molecule has 0 amide bonds. The third-order valence-electron chi connectivity index (χ3n) is 5.56. The van der Waals surface area contributed by atoms with Crippen LogP contribution in [0.4, 0.5) is 0 Å². The summed E-state index contributed by atoms with van der Waals surface area (Å²) in [6, 6.07) is 3.99. The second-order valence-corrected chi connectivity index (χ2v) is 7.39. The Kier molecular flexibility index (Phi) is 5.38. The summed E-state index contributed by atoms with van der Waals surface area (Å²) in [5.74, 6) is -0.668. The molecule has 2 aromatic heterocycles. The van der Waals surface area contributed by atoms with Crippen LogP contribution in [0.15, 0.2) is 41.7 Å². The first-order valence-electron chi connectivity index (χ1n) is 10.1. The number of esters is 1. The van der Waals surface area contributed by atoms with Crippen LogP contribution in [0.5, 0.6) is 0 Å². The quantitative estimate of drug-likeness (QED) is 0.474. The van der Waals surface area contributed by atoms with Crippen molar-refractivity contribution < 1.29 is 19.1 Å². The summed E-state index contributed by atoms with van der Waals surface area (Å²) in [5.41, 5.74) is 1.48. The fourth-order valence-electron chi connectivity index (χ4n) is 4.02. The van der Waals surface area contributed by atoms with E-state index in [9.17, 15) is 9.59 Å². The van der Waals surface area contributed by atoms with Gasteiger partial charge in [-0.2, -0.15) is 0 Å². The van der Waals surface area contributed by atoms with Crippen LogP contribution in [-0.4, -0.2) is 46.3 Å². The molecule has 1 N–H and O–H groups in total. The Labute approximate surface area is 169 Å². The van der Waals surface area contributed by atoms with E-state index >= 15 is 0 Å². The van der Waals surface area contributed by atoms with Crippen LogP contribution in [0.1, 0.15) is 44.6 Å². The molecule has 0 bridgehead atoms. The topological polar surface area (TPSA) is 84.5 Å². The molecule has 152 valence electrons. The van der Waals surface area contributed by atoms with E-state index in [0.29, 0.717) is 5.88 Å². The number of ether oxygens (including phenoxy) is 2. The van der Waals surface area contributed by atoms with Gasteiger partial charge in [-0.1, -0.05) is 19.3 Å². The predicted octanol–water partition coefficient (Wildman–Crippen LogP) is 3.54. The first-order chi connectivity index (χ1) is 14.1. The highest BCUT2D eigenvalue weighted by molar-refractivity contribution is 6.26. The van der Waals surface area contributed by atoms with Crippen LogP contribution >= 0.6 is 0 Å². The fourth-order valence-corrected chi connectivity index (χ4v) is 4.02. The lowest BCUT2D eigenvalue weighted by Gasteiger charge is -2.32. The maximum absolute atomic E-state index is 13.1. The molecule has 1 saturated carbocycles. The number of carbonyl (C=O) groups is 2. The van der Waals surface area contributed by atoms with Gasteiger partial charge in [-0.15, -0.1) is 0 Å². The third-order valence-corrected chi connectivity index (χ3v) is 5.56. The summed E-state index contributed by atoms with van der Waals surface area (Å²) in [7, 11) is 1.89. The van der Waals surface area contributed by atoms with Crippen molar-refractivity contribution in [1.29, 1.82) is 0 Å². The van der Waals surface area contributed by atoms with Gasteiger partial charge in [-0.25, -0.2) is 9.78 Å². The second kappa shape index (κ2) is 8.11. The molecule has 1 aliphatic heterocycles. The van der Waals surface area contributed by atoms with Crippen molar-refractivity contribution in [3.05, 3.63) is 47.3 Å². The number of fused-ring (bicyclic) bond motifs is 1. The lowest BCUT2D eigenvalue weighted by Crippen LogP contribution is -2.34. The molecule has 4 rings (SSSR count). The summed E-state index contributed by atoms with van der Waals surface area (Å²) in [4.78, 5) is 34.9. The van der Waals surface area contributed by atoms with E-state index in [1.54, 1.807) is 25.4 Å². The first kappa shape index (κ1) is 19.2. The SMILES string of the molecule is CCOC(=O)C1=C(N(C)C2CCCCC2)O/C(=C\c2c[nH]c3ncccc23)C1=O. The van der Waals surface area contributed by atoms with Gasteiger partial charge in [0.1, 0.15) is 5.65 Å². The molecule has 29 heavy (non-hydrogen) atoms. The van der Waals surface area contributed by atoms with E-state index in [1.807, 2.05) is 24.1 Å². The van der Waals surface area contributed by atoms with Gasteiger partial charge < -0.3 is 19.4 Å². The first-order valence-corrected chi connectivity index (χ1v) is 10.1. The zero-order valence-corrected chi connectivity index (χ0v) is 16.7. The van der Waals surface area contributed by atoms with E-state index in [-0.39, 0.29) is 24.0 Å². The van der Waals surface area contributed by atoms with Crippen molar-refractivity contribution in [3.63, 3.8) is 0 Å². The van der Waals surface area contributed by atoms with Crippen molar-refractivity contribution in [1.82, 2.24) is 14.9 Å². The molecule has 0 saturated heterocycles. The summed E-state index contributed by atoms with van der Waals surface area (Å²) in [6.07, 6.45) is 10.6. The third kappa shape index (κ3) is 3.64. The molecule has 1 aliphatic carbocycles. The Morgan fingerprint density at radius 3 is 2.93 bits per heavy atom. The van der Waals surface area contributed by atoms with E-state index in [2.05, 4.69) is 9.97 Å². The zero-order valence-electron chi connectivity index (χ0n) is 16.7. The number of allylic oxidation sites excluding steroid dienone is 1. The lowest BCUT2D eigenvalue weighted by atomic mass is 9.94. The molecule has 0 atom stereocenters. The molecular weight excluding hydrogens is 370 g/mol. The minimum absolute atomic E-state index is 0.0239. The summed E-state index contributed by atoms with van der Waals surface area (Å²) in [6.45, 7) is 1.92. The van der Waals surface area contributed by atoms with Gasteiger partial charge in [-0.05, 0) is 38.0 Å². The standard InChI is InChI=1S/C22H25N3O4/c1-3-28-22(27)18-19(26)17(12-14-13-24-20-16(14)10-7-11-23-20)29-21(18)25(2)15-8-5-4-6-9-15/h7,10-13,15H,3-6,8-9H2,1-2H3,(H,23,24)/b17-12-. The fraction of sp³-hybridized carbons (Fsp3) is 0.409. The minimum atomic E-state index is -0.640. The van der Waals surface area contributed by atoms with Crippen LogP contribution in [0.2, 0.25) is 0 Å². The monoisotopic (exact) mass is 395 g/mol. The molecule has 7 nitrogen and oxygen atoms in total. The average molecular weight is 395 g/mol. The van der Waals surface area contributed by atoms with Gasteiger partial charge in [0, 0.05) is 36.4 Å². The Hall–Kier alpha value is -3.09. The highest BCUT2D eigenvalue weighted by atomic mass is 16.5. The molecule has 2 aromatic rings. The number of rotatable bonds is 5. The number of hydrogen-bond acceptors (Lipinski definition) is 6. The Balaban J connectivity index is 1.69. The van der Waals surface area contributed by atoms with E-state index in [1.165, 1.54) is 6.42 Å². The number of ketones is 1. The Morgan fingerprint density at radius 1 is 1.38 bits per heavy atom. The van der Waals surface area contributed by atoms with Gasteiger partial charge in [0.2, 0.25) is 11.7 Å². The van der Waals surface area contributed by atoms with E-state index in [4.69, 9.17) is 9.47 Å². The summed E-state index contributed by atoms with van der Waals surface area (Å²) >= 11 is 0. The van der Waals surface area contributed by atoms with Crippen molar-refractivity contribution in [2.45, 2.75) is 45.1 Å². The van der Waals surface area contributed by atoms with Crippen LogP contribution in [0.3, 0.4) is 0 Å². The smallest absolute Gasteiger partial charge is 0.347 e. The number of pyridine rings is 1. The largest absolute Gasteiger partial charge is 0.462 e. The molecule has 1 fully saturated rings. The maximum atomic E-state index is 13.1. The van der Waals surface area contributed by atoms with Gasteiger partial charge in [0.25, 0.3) is 0 Å². The molecule has 0 aromatic carbocycles. The lowest BCUT2D eigenvalue weighted by molar-refractivity contribution is -0.139. The molecule has 0 spiro atoms. The number of Topliss-reactive ketones (excluding diaryl/α,β-unsaturated/α-hetero) is 1. The van der Waals surface area contributed by atoms with Crippen molar-refractivity contribution in [2.24, 2.45) is 0 Å². The Morgan fingerprint density at radius 2 is 2.17 bits per heavy atom. The number of aromatic nitrogens is 2. The minimum Gasteiger partial charge on any atom is -0.462 e. The molecule has 7 heteroatoms. The maximum Gasteiger partial charge on any atom is 0.347 e. The predicted molar refractivity (Wildman–Crippen MR) is 108 cm³/mol. The molecular formula is C22H25N3O4. The molecule has 0 radical (unpaired) electrons. The van der Waals surface area contributed by atoms with Gasteiger partial charge in [0.15, 0.2) is 11.3 Å². The number of hydrogen-bond donors (Lipinski definition) is 1. The number of nitrogens with one attached hydrogen (secondary N) is 1. The molecule has 3 heterocycles. The van der Waals surface area contributed by atoms with Crippen LogP contribution < -0.4 is 0 Å². The Bertz CT molecular complexity index is 998. The summed E-state index contributed by atoms with van der Waals surface area (Å²) in [5, 5.41) is 0.878. The highest BCUT2D eigenvalue weighted by Crippen LogP contribution is 2.34. The van der Waals surface area contributed by atoms with Crippen LogP contribution in [0, 0.1) is 0 Å². The zero-order chi connectivity index (χ0) is 20.4. The van der Waals surface area contributed by atoms with Gasteiger partial charge in [0.05, 0.1) is 6.61 Å².